The van der Waals surface area contributed by atoms with Crippen molar-refractivity contribution in [1.29, 1.82) is 0 Å². The fourth-order valence-electron chi connectivity index (χ4n) is 4.83. The zero-order valence-electron chi connectivity index (χ0n) is 15.1. The van der Waals surface area contributed by atoms with E-state index in [1.807, 2.05) is 18.2 Å². The molecule has 2 fully saturated rings. The molecule has 5 nitrogen and oxygen atoms in total. The summed E-state index contributed by atoms with van der Waals surface area (Å²) < 4.78 is 22.7. The molecule has 3 N–H and O–H groups in total. The molecule has 0 aliphatic heterocycles. The van der Waals surface area contributed by atoms with Gasteiger partial charge in [-0.25, -0.2) is 13.6 Å². The van der Waals surface area contributed by atoms with Gasteiger partial charge in [-0.2, -0.15) is 0 Å². The van der Waals surface area contributed by atoms with Gasteiger partial charge in [-0.1, -0.05) is 55.3 Å². The quantitative estimate of drug-likeness (QED) is 0.831. The van der Waals surface area contributed by atoms with E-state index in [0.717, 1.165) is 30.4 Å². The summed E-state index contributed by atoms with van der Waals surface area (Å²) in [5.41, 5.74) is 1.63. The number of carbonyl (C=O) groups is 1. The highest BCUT2D eigenvalue weighted by molar-refractivity contribution is 7.89. The summed E-state index contributed by atoms with van der Waals surface area (Å²) >= 11 is 0. The van der Waals surface area contributed by atoms with Crippen LogP contribution >= 0.6 is 0 Å². The van der Waals surface area contributed by atoms with Gasteiger partial charge in [-0.3, -0.25) is 4.79 Å². The van der Waals surface area contributed by atoms with E-state index in [1.165, 1.54) is 25.0 Å². The molecule has 27 heavy (non-hydrogen) atoms. The fraction of sp³-hybridized carbons (Fsp3) is 0.381. The van der Waals surface area contributed by atoms with E-state index < -0.39 is 15.4 Å². The average molecular weight is 385 g/mol. The van der Waals surface area contributed by atoms with Crippen LogP contribution in [0.2, 0.25) is 0 Å². The second kappa shape index (κ2) is 6.46. The molecule has 0 radical (unpaired) electrons. The van der Waals surface area contributed by atoms with Crippen LogP contribution < -0.4 is 10.5 Å². The first-order valence-corrected chi connectivity index (χ1v) is 10.9. The number of hydrogen-bond donors (Lipinski definition) is 2. The van der Waals surface area contributed by atoms with Crippen molar-refractivity contribution in [3.05, 3.63) is 65.7 Å². The Labute approximate surface area is 160 Å². The van der Waals surface area contributed by atoms with Gasteiger partial charge >= 0.3 is 0 Å². The normalized spacial score (nSPS) is 23.3. The zero-order chi connectivity index (χ0) is 19.1. The third-order valence-electron chi connectivity index (χ3n) is 6.30. The van der Waals surface area contributed by atoms with Crippen LogP contribution in [0.5, 0.6) is 0 Å². The van der Waals surface area contributed by atoms with Gasteiger partial charge in [0.05, 0.1) is 10.3 Å². The minimum atomic E-state index is -3.70. The Morgan fingerprint density at radius 3 is 2.22 bits per heavy atom. The lowest BCUT2D eigenvalue weighted by molar-refractivity contribution is -0.124. The predicted octanol–water partition coefficient (Wildman–Crippen LogP) is 2.85. The summed E-state index contributed by atoms with van der Waals surface area (Å²) in [6, 6.07) is 16.4. The number of amides is 1. The van der Waals surface area contributed by atoms with Crippen molar-refractivity contribution < 1.29 is 13.2 Å². The van der Waals surface area contributed by atoms with E-state index in [9.17, 15) is 13.2 Å². The van der Waals surface area contributed by atoms with Gasteiger partial charge in [0.25, 0.3) is 0 Å². The Morgan fingerprint density at radius 2 is 1.63 bits per heavy atom. The Morgan fingerprint density at radius 1 is 1.00 bits per heavy atom. The monoisotopic (exact) mass is 384 g/mol. The highest BCUT2D eigenvalue weighted by atomic mass is 32.2. The summed E-state index contributed by atoms with van der Waals surface area (Å²) in [6.45, 7) is 0.369. The molecule has 2 saturated carbocycles. The van der Waals surface area contributed by atoms with Crippen molar-refractivity contribution in [2.75, 3.05) is 0 Å². The van der Waals surface area contributed by atoms with Crippen LogP contribution in [0.25, 0.3) is 0 Å². The SMILES string of the molecule is NS(=O)(=O)c1ccc(CNC(=O)C2(c3ccccc3)CC23CCCC3)cc1. The van der Waals surface area contributed by atoms with Crippen molar-refractivity contribution >= 4 is 15.9 Å². The summed E-state index contributed by atoms with van der Waals surface area (Å²) in [4.78, 5) is 13.3. The lowest BCUT2D eigenvalue weighted by Gasteiger charge is -2.22. The number of carbonyl (C=O) groups excluding carboxylic acids is 1. The molecule has 4 rings (SSSR count). The van der Waals surface area contributed by atoms with E-state index in [0.29, 0.717) is 6.54 Å². The Kier molecular flexibility index (Phi) is 4.35. The lowest BCUT2D eigenvalue weighted by atomic mass is 9.84. The van der Waals surface area contributed by atoms with E-state index in [-0.39, 0.29) is 16.2 Å². The molecular weight excluding hydrogens is 360 g/mol. The minimum absolute atomic E-state index is 0.0745. The zero-order valence-corrected chi connectivity index (χ0v) is 16.0. The van der Waals surface area contributed by atoms with Crippen molar-refractivity contribution in [2.24, 2.45) is 10.6 Å². The van der Waals surface area contributed by atoms with Crippen LogP contribution in [0.3, 0.4) is 0 Å². The van der Waals surface area contributed by atoms with E-state index >= 15 is 0 Å². The second-order valence-corrected chi connectivity index (χ2v) is 9.37. The first-order valence-electron chi connectivity index (χ1n) is 9.33. The third-order valence-corrected chi connectivity index (χ3v) is 7.23. The molecule has 142 valence electrons. The highest BCUT2D eigenvalue weighted by Crippen LogP contribution is 2.72. The standard InChI is InChI=1S/C21H24N2O3S/c22-27(25,26)18-10-8-16(9-11-18)14-23-19(24)21(17-6-2-1-3-7-17)15-20(21)12-4-5-13-20/h1-3,6-11H,4-5,12-15H2,(H,23,24)(H2,22,25,26). The molecule has 2 aromatic carbocycles. The first kappa shape index (κ1) is 18.2. The van der Waals surface area contributed by atoms with Crippen LogP contribution in [0.1, 0.15) is 43.2 Å². The number of nitrogens with two attached hydrogens (primary N) is 1. The maximum atomic E-state index is 13.3. The van der Waals surface area contributed by atoms with E-state index in [1.54, 1.807) is 12.1 Å². The van der Waals surface area contributed by atoms with Crippen molar-refractivity contribution in [1.82, 2.24) is 5.32 Å². The molecule has 2 aliphatic carbocycles. The number of rotatable bonds is 5. The van der Waals surface area contributed by atoms with Crippen molar-refractivity contribution in [3.63, 3.8) is 0 Å². The largest absolute Gasteiger partial charge is 0.351 e. The number of sulfonamides is 1. The first-order chi connectivity index (χ1) is 12.9. The lowest BCUT2D eigenvalue weighted by Crippen LogP contribution is -2.38. The molecule has 1 atom stereocenters. The molecule has 0 aromatic heterocycles. The van der Waals surface area contributed by atoms with Gasteiger partial charge in [-0.15, -0.1) is 0 Å². The molecule has 2 aliphatic rings. The third kappa shape index (κ3) is 3.07. The number of benzene rings is 2. The van der Waals surface area contributed by atoms with Crippen LogP contribution in [0.4, 0.5) is 0 Å². The fourth-order valence-corrected chi connectivity index (χ4v) is 5.35. The van der Waals surface area contributed by atoms with E-state index in [2.05, 4.69) is 17.4 Å². The van der Waals surface area contributed by atoms with E-state index in [4.69, 9.17) is 5.14 Å². The van der Waals surface area contributed by atoms with Crippen LogP contribution in [0, 0.1) is 5.41 Å². The number of nitrogens with one attached hydrogen (secondary N) is 1. The van der Waals surface area contributed by atoms with Crippen molar-refractivity contribution in [2.45, 2.75) is 49.0 Å². The molecule has 1 amide bonds. The summed E-state index contributed by atoms with van der Waals surface area (Å²) in [5, 5.41) is 8.22. The average Bonchev–Trinajstić information content (AvgIpc) is 3.07. The smallest absolute Gasteiger partial charge is 0.238 e. The van der Waals surface area contributed by atoms with Gasteiger partial charge in [0, 0.05) is 6.54 Å². The van der Waals surface area contributed by atoms with Gasteiger partial charge in [0.1, 0.15) is 0 Å². The van der Waals surface area contributed by atoms with Crippen LogP contribution in [-0.4, -0.2) is 14.3 Å². The van der Waals surface area contributed by atoms with Gasteiger partial charge in [-0.05, 0) is 47.9 Å². The molecule has 1 unspecified atom stereocenters. The van der Waals surface area contributed by atoms with Gasteiger partial charge in [0.2, 0.25) is 15.9 Å². The van der Waals surface area contributed by atoms with Crippen LogP contribution in [0.15, 0.2) is 59.5 Å². The summed E-state index contributed by atoms with van der Waals surface area (Å²) in [7, 11) is -3.70. The summed E-state index contributed by atoms with van der Waals surface area (Å²) in [5.74, 6) is 0.0751. The Bertz CT molecular complexity index is 949. The molecular formula is C21H24N2O3S. The minimum Gasteiger partial charge on any atom is -0.351 e. The molecule has 1 spiro atoms. The Balaban J connectivity index is 1.52. The molecule has 0 bridgehead atoms. The predicted molar refractivity (Wildman–Crippen MR) is 103 cm³/mol. The van der Waals surface area contributed by atoms with Gasteiger partial charge < -0.3 is 5.32 Å². The molecule has 6 heteroatoms. The Hall–Kier alpha value is -2.18. The molecule has 2 aromatic rings. The topological polar surface area (TPSA) is 89.3 Å². The van der Waals surface area contributed by atoms with Gasteiger partial charge in [0.15, 0.2) is 0 Å². The second-order valence-electron chi connectivity index (χ2n) is 7.81. The molecule has 0 heterocycles. The number of primary sulfonamides is 1. The maximum Gasteiger partial charge on any atom is 0.238 e. The maximum absolute atomic E-state index is 13.3. The highest BCUT2D eigenvalue weighted by Gasteiger charge is 2.72. The number of hydrogen-bond acceptors (Lipinski definition) is 3. The summed E-state index contributed by atoms with van der Waals surface area (Å²) in [6.07, 6.45) is 5.52. The van der Waals surface area contributed by atoms with Crippen LogP contribution in [-0.2, 0) is 26.8 Å². The molecule has 0 saturated heterocycles. The van der Waals surface area contributed by atoms with Crippen molar-refractivity contribution in [3.8, 4) is 0 Å².